The highest BCUT2D eigenvalue weighted by Crippen LogP contribution is 2.17. The minimum Gasteiger partial charge on any atom is -0.469 e. The second-order valence-corrected chi connectivity index (χ2v) is 4.61. The van der Waals surface area contributed by atoms with Gasteiger partial charge in [0.05, 0.1) is 36.9 Å². The monoisotopic (exact) mass is 289 g/mol. The van der Waals surface area contributed by atoms with Crippen molar-refractivity contribution in [3.63, 3.8) is 0 Å². The largest absolute Gasteiger partial charge is 0.469 e. The van der Waals surface area contributed by atoms with Crippen molar-refractivity contribution in [2.24, 2.45) is 0 Å². The topological polar surface area (TPSA) is 87.3 Å². The fourth-order valence-electron chi connectivity index (χ4n) is 2.06. The number of aromatic nitrogens is 2. The summed E-state index contributed by atoms with van der Waals surface area (Å²) in [6.07, 6.45) is 1.78. The summed E-state index contributed by atoms with van der Waals surface area (Å²) < 4.78 is 6.17. The van der Waals surface area contributed by atoms with Crippen molar-refractivity contribution in [1.82, 2.24) is 9.78 Å². The van der Waals surface area contributed by atoms with E-state index in [1.807, 2.05) is 24.3 Å². The first-order valence-corrected chi connectivity index (χ1v) is 6.33. The molecule has 7 heteroatoms. The molecule has 1 heterocycles. The first kappa shape index (κ1) is 14.7. The fraction of sp³-hybridized carbons (Fsp3) is 0.286. The molecule has 0 aliphatic heterocycles. The van der Waals surface area contributed by atoms with Crippen molar-refractivity contribution in [1.29, 1.82) is 0 Å². The predicted molar refractivity (Wildman–Crippen MR) is 74.9 cm³/mol. The summed E-state index contributed by atoms with van der Waals surface area (Å²) in [6.45, 7) is 2.00. The number of benzene rings is 1. The molecule has 0 aliphatic carbocycles. The smallest absolute Gasteiger partial charge is 0.392 e. The number of nitrogens with zero attached hydrogens (tertiary/aromatic N) is 3. The molecule has 2 rings (SSSR count). The van der Waals surface area contributed by atoms with Gasteiger partial charge in [0.2, 0.25) is 0 Å². The number of hydrogen-bond acceptors (Lipinski definition) is 5. The average Bonchev–Trinajstić information content (AvgIpc) is 2.82. The van der Waals surface area contributed by atoms with Gasteiger partial charge in [0, 0.05) is 0 Å². The summed E-state index contributed by atoms with van der Waals surface area (Å²) in [4.78, 5) is 21.7. The zero-order valence-electron chi connectivity index (χ0n) is 11.8. The Morgan fingerprint density at radius 3 is 2.62 bits per heavy atom. The molecular weight excluding hydrogens is 274 g/mol. The summed E-state index contributed by atoms with van der Waals surface area (Å²) in [5, 5.41) is 14.8. The van der Waals surface area contributed by atoms with E-state index in [0.29, 0.717) is 12.1 Å². The van der Waals surface area contributed by atoms with Gasteiger partial charge in [-0.1, -0.05) is 24.3 Å². The molecule has 0 saturated carbocycles. The van der Waals surface area contributed by atoms with Gasteiger partial charge in [0.1, 0.15) is 0 Å². The van der Waals surface area contributed by atoms with Crippen LogP contribution in [-0.4, -0.2) is 27.8 Å². The number of methoxy groups -OCH3 is 1. The third-order valence-electron chi connectivity index (χ3n) is 3.10. The van der Waals surface area contributed by atoms with Gasteiger partial charge in [-0.3, -0.25) is 4.79 Å². The highest BCUT2D eigenvalue weighted by atomic mass is 16.6. The standard InChI is InChI=1S/C14H15N3O4/c1-10-8-16(15-14(10)17(19)20)9-12-6-4-3-5-11(12)7-13(18)21-2/h3-6,8H,7,9H2,1-2H3. The summed E-state index contributed by atoms with van der Waals surface area (Å²) >= 11 is 0. The van der Waals surface area contributed by atoms with Crippen LogP contribution in [0.1, 0.15) is 16.7 Å². The summed E-state index contributed by atoms with van der Waals surface area (Å²) in [6, 6.07) is 7.37. The van der Waals surface area contributed by atoms with E-state index < -0.39 is 4.92 Å². The molecule has 0 spiro atoms. The minimum atomic E-state index is -0.508. The zero-order valence-corrected chi connectivity index (χ0v) is 11.8. The van der Waals surface area contributed by atoms with E-state index in [1.165, 1.54) is 11.8 Å². The molecular formula is C14H15N3O4. The SMILES string of the molecule is COC(=O)Cc1ccccc1Cn1cc(C)c([N+](=O)[O-])n1. The maximum Gasteiger partial charge on any atom is 0.392 e. The van der Waals surface area contributed by atoms with Gasteiger partial charge in [-0.05, 0) is 23.0 Å². The van der Waals surface area contributed by atoms with Crippen molar-refractivity contribution in [2.45, 2.75) is 19.9 Å². The van der Waals surface area contributed by atoms with E-state index in [1.54, 1.807) is 13.1 Å². The van der Waals surface area contributed by atoms with Crippen LogP contribution in [0.2, 0.25) is 0 Å². The molecule has 21 heavy (non-hydrogen) atoms. The van der Waals surface area contributed by atoms with Crippen LogP contribution < -0.4 is 0 Å². The van der Waals surface area contributed by atoms with Crippen molar-refractivity contribution in [3.8, 4) is 0 Å². The number of carbonyl (C=O) groups excluding carboxylic acids is 1. The predicted octanol–water partition coefficient (Wildman–Crippen LogP) is 1.86. The third-order valence-corrected chi connectivity index (χ3v) is 3.10. The lowest BCUT2D eigenvalue weighted by atomic mass is 10.0. The van der Waals surface area contributed by atoms with E-state index in [2.05, 4.69) is 9.84 Å². The molecule has 7 nitrogen and oxygen atoms in total. The van der Waals surface area contributed by atoms with Crippen LogP contribution in [0.25, 0.3) is 0 Å². The van der Waals surface area contributed by atoms with Gasteiger partial charge in [-0.25, -0.2) is 0 Å². The van der Waals surface area contributed by atoms with Gasteiger partial charge in [-0.2, -0.15) is 4.68 Å². The van der Waals surface area contributed by atoms with E-state index in [4.69, 9.17) is 0 Å². The van der Waals surface area contributed by atoms with Crippen LogP contribution in [-0.2, 0) is 22.5 Å². The summed E-state index contributed by atoms with van der Waals surface area (Å²) in [5.74, 6) is -0.481. The van der Waals surface area contributed by atoms with Crippen LogP contribution in [0.4, 0.5) is 5.82 Å². The average molecular weight is 289 g/mol. The number of carbonyl (C=O) groups is 1. The van der Waals surface area contributed by atoms with Crippen molar-refractivity contribution in [2.75, 3.05) is 7.11 Å². The Labute approximate surface area is 121 Å². The molecule has 0 radical (unpaired) electrons. The highest BCUT2D eigenvalue weighted by molar-refractivity contribution is 5.72. The molecule has 0 aliphatic rings. The van der Waals surface area contributed by atoms with E-state index >= 15 is 0 Å². The molecule has 2 aromatic rings. The molecule has 0 unspecified atom stereocenters. The van der Waals surface area contributed by atoms with Gasteiger partial charge in [-0.15, -0.1) is 0 Å². The Bertz CT molecular complexity index is 679. The summed E-state index contributed by atoms with van der Waals surface area (Å²) in [5.41, 5.74) is 2.20. The maximum absolute atomic E-state index is 11.4. The Morgan fingerprint density at radius 1 is 1.38 bits per heavy atom. The maximum atomic E-state index is 11.4. The normalized spacial score (nSPS) is 10.4. The Balaban J connectivity index is 2.25. The number of rotatable bonds is 5. The molecule has 0 atom stereocenters. The van der Waals surface area contributed by atoms with Gasteiger partial charge in [0.15, 0.2) is 0 Å². The van der Waals surface area contributed by atoms with Gasteiger partial charge in [0.25, 0.3) is 0 Å². The van der Waals surface area contributed by atoms with Crippen LogP contribution in [0.3, 0.4) is 0 Å². The number of ether oxygens (including phenoxy) is 1. The third kappa shape index (κ3) is 3.44. The van der Waals surface area contributed by atoms with Gasteiger partial charge >= 0.3 is 11.8 Å². The Hall–Kier alpha value is -2.70. The first-order valence-electron chi connectivity index (χ1n) is 6.33. The molecule has 110 valence electrons. The molecule has 1 aromatic heterocycles. The molecule has 0 fully saturated rings. The van der Waals surface area contributed by atoms with Crippen molar-refractivity contribution in [3.05, 3.63) is 57.3 Å². The lowest BCUT2D eigenvalue weighted by Gasteiger charge is -2.07. The highest BCUT2D eigenvalue weighted by Gasteiger charge is 2.18. The fourth-order valence-corrected chi connectivity index (χ4v) is 2.06. The molecule has 0 saturated heterocycles. The van der Waals surface area contributed by atoms with Crippen LogP contribution in [0.15, 0.2) is 30.5 Å². The zero-order chi connectivity index (χ0) is 15.4. The van der Waals surface area contributed by atoms with Crippen molar-refractivity contribution < 1.29 is 14.5 Å². The number of nitro groups is 1. The first-order chi connectivity index (χ1) is 10.0. The van der Waals surface area contributed by atoms with E-state index in [-0.39, 0.29) is 18.2 Å². The molecule has 0 bridgehead atoms. The quantitative estimate of drug-likeness (QED) is 0.476. The lowest BCUT2D eigenvalue weighted by molar-refractivity contribution is -0.390. The molecule has 0 N–H and O–H groups in total. The second kappa shape index (κ2) is 6.17. The van der Waals surface area contributed by atoms with Crippen LogP contribution >= 0.6 is 0 Å². The Kier molecular flexibility index (Phi) is 4.32. The minimum absolute atomic E-state index is 0.152. The van der Waals surface area contributed by atoms with Crippen LogP contribution in [0.5, 0.6) is 0 Å². The second-order valence-electron chi connectivity index (χ2n) is 4.61. The number of esters is 1. The summed E-state index contributed by atoms with van der Waals surface area (Å²) in [7, 11) is 1.34. The van der Waals surface area contributed by atoms with Gasteiger partial charge < -0.3 is 14.9 Å². The van der Waals surface area contributed by atoms with E-state index in [9.17, 15) is 14.9 Å². The van der Waals surface area contributed by atoms with Crippen molar-refractivity contribution >= 4 is 11.8 Å². The molecule has 1 aromatic carbocycles. The number of aryl methyl sites for hydroxylation is 1. The number of hydrogen-bond donors (Lipinski definition) is 0. The Morgan fingerprint density at radius 2 is 2.05 bits per heavy atom. The molecule has 0 amide bonds. The van der Waals surface area contributed by atoms with E-state index in [0.717, 1.165) is 11.1 Å². The lowest BCUT2D eigenvalue weighted by Crippen LogP contribution is -2.09. The van der Waals surface area contributed by atoms with Crippen LogP contribution in [0, 0.1) is 17.0 Å².